The second-order valence-corrected chi connectivity index (χ2v) is 4.80. The highest BCUT2D eigenvalue weighted by Crippen LogP contribution is 2.32. The molecule has 0 amide bonds. The van der Waals surface area contributed by atoms with Crippen molar-refractivity contribution >= 4 is 11.8 Å². The SMILES string of the molecule is Cc1cn([C@@H]2OCC[C@H]2SC#N)c(=O)[nH]c1=O. The lowest BCUT2D eigenvalue weighted by Crippen LogP contribution is -2.35. The van der Waals surface area contributed by atoms with Crippen LogP contribution in [-0.2, 0) is 4.74 Å². The number of rotatable bonds is 2. The molecule has 0 unspecified atom stereocenters. The summed E-state index contributed by atoms with van der Waals surface area (Å²) in [5.74, 6) is 0. The van der Waals surface area contributed by atoms with Crippen LogP contribution in [0.3, 0.4) is 0 Å². The summed E-state index contributed by atoms with van der Waals surface area (Å²) in [6.07, 6.45) is 1.71. The van der Waals surface area contributed by atoms with Crippen LogP contribution in [0.2, 0.25) is 0 Å². The third-order valence-corrected chi connectivity index (χ3v) is 3.51. The maximum absolute atomic E-state index is 11.7. The Morgan fingerprint density at radius 1 is 1.65 bits per heavy atom. The number of hydrogen-bond acceptors (Lipinski definition) is 5. The van der Waals surface area contributed by atoms with E-state index in [1.807, 2.05) is 5.40 Å². The van der Waals surface area contributed by atoms with Crippen molar-refractivity contribution in [1.29, 1.82) is 5.26 Å². The molecule has 0 saturated carbocycles. The first-order valence-corrected chi connectivity index (χ1v) is 6.00. The van der Waals surface area contributed by atoms with Crippen molar-refractivity contribution in [3.05, 3.63) is 32.6 Å². The molecule has 1 saturated heterocycles. The van der Waals surface area contributed by atoms with Crippen LogP contribution in [0.5, 0.6) is 0 Å². The molecule has 0 aromatic carbocycles. The minimum Gasteiger partial charge on any atom is -0.357 e. The molecule has 0 aliphatic carbocycles. The van der Waals surface area contributed by atoms with Gasteiger partial charge in [0.05, 0.1) is 11.9 Å². The predicted octanol–water partition coefficient (Wildman–Crippen LogP) is 0.347. The van der Waals surface area contributed by atoms with Crippen LogP contribution in [0.25, 0.3) is 0 Å². The molecule has 0 bridgehead atoms. The molecule has 1 fully saturated rings. The first-order chi connectivity index (χ1) is 8.13. The summed E-state index contributed by atoms with van der Waals surface area (Å²) in [5, 5.41) is 10.6. The highest BCUT2D eigenvalue weighted by Gasteiger charge is 2.31. The maximum Gasteiger partial charge on any atom is 0.330 e. The van der Waals surface area contributed by atoms with E-state index < -0.39 is 17.5 Å². The molecule has 1 aliphatic heterocycles. The highest BCUT2D eigenvalue weighted by atomic mass is 32.2. The largest absolute Gasteiger partial charge is 0.357 e. The number of thioether (sulfide) groups is 1. The molecule has 2 atom stereocenters. The summed E-state index contributed by atoms with van der Waals surface area (Å²) >= 11 is 1.09. The molecular formula is C10H11N3O3S. The Morgan fingerprint density at radius 2 is 2.41 bits per heavy atom. The Morgan fingerprint density at radius 3 is 3.12 bits per heavy atom. The van der Waals surface area contributed by atoms with Crippen LogP contribution in [0.1, 0.15) is 18.2 Å². The van der Waals surface area contributed by atoms with Crippen molar-refractivity contribution in [2.75, 3.05) is 6.61 Å². The molecule has 1 aliphatic rings. The lowest BCUT2D eigenvalue weighted by molar-refractivity contribution is 0.0550. The molecule has 0 spiro atoms. The highest BCUT2D eigenvalue weighted by molar-refractivity contribution is 8.04. The summed E-state index contributed by atoms with van der Waals surface area (Å²) in [4.78, 5) is 25.1. The van der Waals surface area contributed by atoms with Crippen LogP contribution < -0.4 is 11.2 Å². The van der Waals surface area contributed by atoms with Crippen molar-refractivity contribution in [3.63, 3.8) is 0 Å². The standard InChI is InChI=1S/C10H11N3O3S/c1-6-4-13(10(15)12-8(6)14)9-7(17-5-11)2-3-16-9/h4,7,9H,2-3H2,1H3,(H,12,14,15)/t7-,9-/m1/s1. The number of hydrogen-bond donors (Lipinski definition) is 1. The van der Waals surface area contributed by atoms with E-state index in [2.05, 4.69) is 4.98 Å². The summed E-state index contributed by atoms with van der Waals surface area (Å²) in [5.41, 5.74) is -0.453. The number of nitrogens with zero attached hydrogens (tertiary/aromatic N) is 2. The zero-order chi connectivity index (χ0) is 12.4. The van der Waals surface area contributed by atoms with Gasteiger partial charge in [-0.2, -0.15) is 5.26 Å². The van der Waals surface area contributed by atoms with Crippen molar-refractivity contribution in [2.24, 2.45) is 0 Å². The Labute approximate surface area is 101 Å². The monoisotopic (exact) mass is 253 g/mol. The number of nitrogens with one attached hydrogen (secondary N) is 1. The van der Waals surface area contributed by atoms with E-state index in [1.165, 1.54) is 10.8 Å². The van der Waals surface area contributed by atoms with E-state index in [-0.39, 0.29) is 5.25 Å². The molecule has 1 N–H and O–H groups in total. The molecular weight excluding hydrogens is 242 g/mol. The van der Waals surface area contributed by atoms with Gasteiger partial charge in [0, 0.05) is 11.8 Å². The summed E-state index contributed by atoms with van der Waals surface area (Å²) < 4.78 is 6.79. The fourth-order valence-corrected chi connectivity index (χ4v) is 2.45. The van der Waals surface area contributed by atoms with Gasteiger partial charge in [0.25, 0.3) is 5.56 Å². The molecule has 1 aromatic heterocycles. The molecule has 0 radical (unpaired) electrons. The van der Waals surface area contributed by atoms with Gasteiger partial charge in [0.15, 0.2) is 6.23 Å². The fourth-order valence-electron chi connectivity index (χ4n) is 1.77. The van der Waals surface area contributed by atoms with Gasteiger partial charge >= 0.3 is 5.69 Å². The quantitative estimate of drug-likeness (QED) is 0.768. The van der Waals surface area contributed by atoms with Crippen LogP contribution in [0.4, 0.5) is 0 Å². The maximum atomic E-state index is 11.7. The van der Waals surface area contributed by atoms with E-state index in [9.17, 15) is 9.59 Å². The first-order valence-electron chi connectivity index (χ1n) is 5.12. The van der Waals surface area contributed by atoms with E-state index >= 15 is 0 Å². The lowest BCUT2D eigenvalue weighted by atomic mass is 10.3. The molecule has 17 heavy (non-hydrogen) atoms. The predicted molar refractivity (Wildman–Crippen MR) is 62.7 cm³/mol. The third kappa shape index (κ3) is 2.28. The average molecular weight is 253 g/mol. The summed E-state index contributed by atoms with van der Waals surface area (Å²) in [6, 6.07) is 0. The van der Waals surface area contributed by atoms with Gasteiger partial charge < -0.3 is 4.74 Å². The second kappa shape index (κ2) is 4.77. The van der Waals surface area contributed by atoms with Gasteiger partial charge in [0.2, 0.25) is 0 Å². The number of aromatic nitrogens is 2. The third-order valence-electron chi connectivity index (χ3n) is 2.63. The Balaban J connectivity index is 2.40. The molecule has 2 heterocycles. The van der Waals surface area contributed by atoms with Crippen molar-refractivity contribution in [1.82, 2.24) is 9.55 Å². The zero-order valence-electron chi connectivity index (χ0n) is 9.17. The van der Waals surface area contributed by atoms with Crippen LogP contribution in [0.15, 0.2) is 15.8 Å². The first kappa shape index (κ1) is 12.0. The van der Waals surface area contributed by atoms with E-state index in [0.29, 0.717) is 18.6 Å². The normalized spacial score (nSPS) is 23.5. The smallest absolute Gasteiger partial charge is 0.330 e. The molecule has 1 aromatic rings. The summed E-state index contributed by atoms with van der Waals surface area (Å²) in [7, 11) is 0. The molecule has 90 valence electrons. The van der Waals surface area contributed by atoms with Crippen LogP contribution in [-0.4, -0.2) is 21.4 Å². The van der Waals surface area contributed by atoms with E-state index in [0.717, 1.165) is 11.8 Å². The number of thiocyanates is 1. The van der Waals surface area contributed by atoms with Gasteiger partial charge in [-0.15, -0.1) is 0 Å². The molecule has 2 rings (SSSR count). The minimum absolute atomic E-state index is 0.0806. The molecule has 6 nitrogen and oxygen atoms in total. The molecule has 7 heteroatoms. The Bertz CT molecular complexity index is 571. The summed E-state index contributed by atoms with van der Waals surface area (Å²) in [6.45, 7) is 2.13. The van der Waals surface area contributed by atoms with Crippen molar-refractivity contribution < 1.29 is 4.74 Å². The van der Waals surface area contributed by atoms with Gasteiger partial charge in [-0.1, -0.05) is 0 Å². The van der Waals surface area contributed by atoms with Gasteiger partial charge in [0.1, 0.15) is 5.40 Å². The number of ether oxygens (including phenoxy) is 1. The van der Waals surface area contributed by atoms with E-state index in [1.54, 1.807) is 6.92 Å². The fraction of sp³-hybridized carbons (Fsp3) is 0.500. The van der Waals surface area contributed by atoms with Crippen LogP contribution in [0, 0.1) is 17.6 Å². The second-order valence-electron chi connectivity index (χ2n) is 3.78. The van der Waals surface area contributed by atoms with Gasteiger partial charge in [-0.05, 0) is 25.1 Å². The number of aromatic amines is 1. The van der Waals surface area contributed by atoms with Crippen molar-refractivity contribution in [2.45, 2.75) is 24.8 Å². The number of H-pyrrole nitrogens is 1. The van der Waals surface area contributed by atoms with Gasteiger partial charge in [-0.3, -0.25) is 14.3 Å². The minimum atomic E-state index is -0.504. The lowest BCUT2D eigenvalue weighted by Gasteiger charge is -2.17. The number of nitriles is 1. The zero-order valence-corrected chi connectivity index (χ0v) is 9.99. The van der Waals surface area contributed by atoms with Gasteiger partial charge in [-0.25, -0.2) is 4.79 Å². The van der Waals surface area contributed by atoms with Crippen molar-refractivity contribution in [3.8, 4) is 5.40 Å². The van der Waals surface area contributed by atoms with E-state index in [4.69, 9.17) is 10.00 Å². The number of aryl methyl sites for hydroxylation is 1. The Kier molecular flexibility index (Phi) is 3.36. The van der Waals surface area contributed by atoms with Crippen LogP contribution >= 0.6 is 11.8 Å². The topological polar surface area (TPSA) is 87.9 Å². The average Bonchev–Trinajstić information content (AvgIpc) is 2.72. The Hall–Kier alpha value is -1.52.